The Kier molecular flexibility index (Phi) is 10.7. The molecule has 0 bridgehead atoms. The highest BCUT2D eigenvalue weighted by atomic mass is 32.2. The highest BCUT2D eigenvalue weighted by molar-refractivity contribution is 7.91. The van der Waals surface area contributed by atoms with Gasteiger partial charge in [-0.15, -0.1) is 0 Å². The van der Waals surface area contributed by atoms with Gasteiger partial charge in [-0.25, -0.2) is 4.79 Å². The van der Waals surface area contributed by atoms with Crippen molar-refractivity contribution in [2.45, 2.75) is 4.90 Å². The zero-order chi connectivity index (χ0) is 43.1. The van der Waals surface area contributed by atoms with Gasteiger partial charge >= 0.3 is 6.03 Å². The maximum Gasteiger partial charge on any atom is 0.323 e. The van der Waals surface area contributed by atoms with Gasteiger partial charge in [-0.05, 0) is 107 Å². The zero-order valence-electron chi connectivity index (χ0n) is 30.4. The number of methoxy groups -OCH3 is 1. The summed E-state index contributed by atoms with van der Waals surface area (Å²) in [5.74, 6) is -1.40. The molecule has 7 rings (SSSR count). The number of anilines is 4. The lowest BCUT2D eigenvalue weighted by Crippen LogP contribution is -2.27. The summed E-state index contributed by atoms with van der Waals surface area (Å²) in [7, 11) is -13.1. The van der Waals surface area contributed by atoms with Gasteiger partial charge in [0.1, 0.15) is 15.6 Å². The van der Waals surface area contributed by atoms with Gasteiger partial charge in [-0.3, -0.25) is 34.1 Å². The SMILES string of the molecule is COc1ccccc1N/N=C1\C(=O)c2ccc(NC(=O)Nc3ccc4c(c3)C=C(S(=O)(=O)O)/C(=N\Nc3ccc5cc(S(=O)(=O)O)ccc5c3)C4=O)cc2C=C1S(=O)(=O)O. The van der Waals surface area contributed by atoms with Gasteiger partial charge in [0.05, 0.1) is 23.4 Å². The van der Waals surface area contributed by atoms with Crippen molar-refractivity contribution in [1.29, 1.82) is 0 Å². The number of hydrazone groups is 2. The minimum absolute atomic E-state index is 0.00181. The lowest BCUT2D eigenvalue weighted by atomic mass is 9.94. The summed E-state index contributed by atoms with van der Waals surface area (Å²) in [4.78, 5) is 38.0. The molecule has 306 valence electrons. The van der Waals surface area contributed by atoms with E-state index in [1.807, 2.05) is 0 Å². The first-order valence-corrected chi connectivity index (χ1v) is 21.3. The van der Waals surface area contributed by atoms with Crippen molar-refractivity contribution >= 4 is 105 Å². The predicted molar refractivity (Wildman–Crippen MR) is 222 cm³/mol. The van der Waals surface area contributed by atoms with E-state index >= 15 is 0 Å². The van der Waals surface area contributed by atoms with Gasteiger partial charge in [0.2, 0.25) is 11.6 Å². The number of urea groups is 1. The Morgan fingerprint density at radius 2 is 1.08 bits per heavy atom. The fourth-order valence-electron chi connectivity index (χ4n) is 6.16. The van der Waals surface area contributed by atoms with Gasteiger partial charge in [0.25, 0.3) is 30.4 Å². The van der Waals surface area contributed by atoms with Crippen molar-refractivity contribution in [1.82, 2.24) is 0 Å². The Labute approximate surface area is 340 Å². The van der Waals surface area contributed by atoms with Crippen LogP contribution in [0.4, 0.5) is 27.5 Å². The number of amides is 2. The van der Waals surface area contributed by atoms with Gasteiger partial charge in [0, 0.05) is 22.5 Å². The summed E-state index contributed by atoms with van der Waals surface area (Å²) in [6.45, 7) is 0. The second-order valence-electron chi connectivity index (χ2n) is 12.9. The lowest BCUT2D eigenvalue weighted by Gasteiger charge is -2.18. The van der Waals surface area contributed by atoms with Crippen LogP contribution in [0, 0.1) is 0 Å². The summed E-state index contributed by atoms with van der Waals surface area (Å²) in [6, 6.07) is 21.8. The third-order valence-corrected chi connectivity index (χ3v) is 11.5. The van der Waals surface area contributed by atoms with Gasteiger partial charge < -0.3 is 15.4 Å². The molecule has 60 heavy (non-hydrogen) atoms. The van der Waals surface area contributed by atoms with Crippen LogP contribution in [0.2, 0.25) is 0 Å². The van der Waals surface area contributed by atoms with E-state index in [4.69, 9.17) is 4.74 Å². The minimum Gasteiger partial charge on any atom is -0.495 e. The van der Waals surface area contributed by atoms with Gasteiger partial charge in [0.15, 0.2) is 11.4 Å². The van der Waals surface area contributed by atoms with Crippen LogP contribution >= 0.6 is 0 Å². The molecule has 2 amide bonds. The zero-order valence-corrected chi connectivity index (χ0v) is 32.9. The topological polar surface area (TPSA) is 296 Å². The number of rotatable bonds is 10. The number of carbonyl (C=O) groups is 3. The van der Waals surface area contributed by atoms with Crippen LogP contribution in [0.3, 0.4) is 0 Å². The van der Waals surface area contributed by atoms with Crippen molar-refractivity contribution in [2.75, 3.05) is 28.6 Å². The van der Waals surface area contributed by atoms with Crippen molar-refractivity contribution in [3.63, 3.8) is 0 Å². The third kappa shape index (κ3) is 8.54. The largest absolute Gasteiger partial charge is 0.495 e. The molecule has 0 saturated heterocycles. The van der Waals surface area contributed by atoms with Crippen LogP contribution < -0.4 is 26.2 Å². The van der Waals surface area contributed by atoms with E-state index in [-0.39, 0.29) is 44.2 Å². The summed E-state index contributed by atoms with van der Waals surface area (Å²) in [5.41, 5.74) is 4.59. The number of carbonyl (C=O) groups excluding carboxylic acids is 3. The maximum atomic E-state index is 13.5. The standard InChI is InChI=1S/C38H28N6O13S3/c1-57-31-5-3-2-4-30(31)42-44-35-33(60(54,55)56)19-23-16-25(10-13-29(23)37(35)46)40-38(47)39-24-9-12-28-22(15-24)18-32(59(51,52)53)34(36(28)45)43-41-26-8-6-21-17-27(58(48,49)50)11-7-20(21)14-26/h2-19,41-42H,1H3,(H2,39,40,47)(H,48,49,50)(H,51,52,53)(H,54,55,56)/b43-34+,44-35-. The first kappa shape index (κ1) is 41.1. The smallest absolute Gasteiger partial charge is 0.323 e. The molecule has 0 spiro atoms. The Bertz CT molecular complexity index is 3180. The maximum absolute atomic E-state index is 13.5. The summed E-state index contributed by atoms with van der Waals surface area (Å²) < 4.78 is 107. The average molecular weight is 873 g/mol. The molecule has 7 N–H and O–H groups in total. The molecule has 0 saturated carbocycles. The van der Waals surface area contributed by atoms with E-state index in [9.17, 15) is 53.3 Å². The quantitative estimate of drug-likeness (QED) is 0.0671. The molecule has 0 heterocycles. The number of fused-ring (bicyclic) bond motifs is 3. The van der Waals surface area contributed by atoms with Gasteiger partial charge in [-0.2, -0.15) is 35.5 Å². The number of allylic oxidation sites excluding steroid dienone is 2. The van der Waals surface area contributed by atoms with Crippen LogP contribution in [0.15, 0.2) is 122 Å². The monoisotopic (exact) mass is 872 g/mol. The van der Waals surface area contributed by atoms with E-state index in [1.165, 1.54) is 79.9 Å². The molecule has 0 aliphatic heterocycles. The minimum atomic E-state index is -5.04. The Hall–Kier alpha value is -7.08. The molecule has 2 aliphatic rings. The van der Waals surface area contributed by atoms with E-state index in [1.54, 1.807) is 24.3 Å². The van der Waals surface area contributed by atoms with Crippen molar-refractivity contribution < 1.29 is 58.0 Å². The normalized spacial score (nSPS) is 15.5. The average Bonchev–Trinajstić information content (AvgIpc) is 3.18. The molecule has 0 unspecified atom stereocenters. The Balaban J connectivity index is 1.09. The van der Waals surface area contributed by atoms with Crippen molar-refractivity contribution in [3.05, 3.63) is 129 Å². The van der Waals surface area contributed by atoms with E-state index < -0.39 is 69.2 Å². The molecule has 0 fully saturated rings. The molecular weight excluding hydrogens is 845 g/mol. The Morgan fingerprint density at radius 1 is 0.583 bits per heavy atom. The fourth-order valence-corrected chi connectivity index (χ4v) is 7.99. The second kappa shape index (κ2) is 15.6. The molecule has 19 nitrogen and oxygen atoms in total. The van der Waals surface area contributed by atoms with Crippen LogP contribution in [0.25, 0.3) is 22.9 Å². The third-order valence-electron chi connectivity index (χ3n) is 8.94. The van der Waals surface area contributed by atoms with Crippen LogP contribution in [-0.2, 0) is 30.4 Å². The molecular formula is C38H28N6O13S3. The van der Waals surface area contributed by atoms with E-state index in [2.05, 4.69) is 31.7 Å². The molecule has 5 aromatic carbocycles. The summed E-state index contributed by atoms with van der Waals surface area (Å²) >= 11 is 0. The first-order chi connectivity index (χ1) is 28.3. The molecule has 0 radical (unpaired) electrons. The molecule has 0 aromatic heterocycles. The summed E-state index contributed by atoms with van der Waals surface area (Å²) in [6.07, 6.45) is 1.99. The van der Waals surface area contributed by atoms with Crippen molar-refractivity contribution in [3.8, 4) is 5.75 Å². The number of Topliss-reactive ketones (excluding diaryl/α,β-unsaturated/α-hetero) is 2. The van der Waals surface area contributed by atoms with Crippen LogP contribution in [0.1, 0.15) is 31.8 Å². The van der Waals surface area contributed by atoms with Gasteiger partial charge in [-0.1, -0.05) is 24.3 Å². The number of hydrogen-bond donors (Lipinski definition) is 7. The first-order valence-electron chi connectivity index (χ1n) is 17.0. The second-order valence-corrected chi connectivity index (χ2v) is 17.1. The van der Waals surface area contributed by atoms with Crippen molar-refractivity contribution in [2.24, 2.45) is 10.2 Å². The number of benzene rings is 5. The van der Waals surface area contributed by atoms with Crippen LogP contribution in [0.5, 0.6) is 5.75 Å². The lowest BCUT2D eigenvalue weighted by molar-refractivity contribution is 0.105. The Morgan fingerprint density at radius 3 is 1.62 bits per heavy atom. The number of hydrogen-bond acceptors (Lipinski definition) is 14. The molecule has 22 heteroatoms. The number of ether oxygens (including phenoxy) is 1. The highest BCUT2D eigenvalue weighted by Crippen LogP contribution is 2.31. The highest BCUT2D eigenvalue weighted by Gasteiger charge is 2.34. The fraction of sp³-hybridized carbons (Fsp3) is 0.0263. The molecule has 5 aromatic rings. The van der Waals surface area contributed by atoms with E-state index in [0.717, 1.165) is 12.2 Å². The van der Waals surface area contributed by atoms with E-state index in [0.29, 0.717) is 22.2 Å². The summed E-state index contributed by atoms with van der Waals surface area (Å²) in [5, 5.41) is 13.9. The van der Waals surface area contributed by atoms with Crippen LogP contribution in [-0.4, -0.2) is 75.0 Å². The number of nitrogens with one attached hydrogen (secondary N) is 4. The predicted octanol–water partition coefficient (Wildman–Crippen LogP) is 5.53. The number of nitrogens with zero attached hydrogens (tertiary/aromatic N) is 2. The number of ketones is 2. The molecule has 0 atom stereocenters. The molecule has 2 aliphatic carbocycles. The number of para-hydroxylation sites is 2.